The van der Waals surface area contributed by atoms with E-state index < -0.39 is 6.04 Å². The number of carbonyl (C=O) groups is 1. The molecule has 0 aliphatic rings. The van der Waals surface area contributed by atoms with Crippen LogP contribution in [0.5, 0.6) is 0 Å². The minimum Gasteiger partial charge on any atom is -0.459 e. The Morgan fingerprint density at radius 2 is 2.33 bits per heavy atom. The van der Waals surface area contributed by atoms with Gasteiger partial charge in [0.1, 0.15) is 29.5 Å². The summed E-state index contributed by atoms with van der Waals surface area (Å²) < 4.78 is 18.6. The number of fused-ring (bicyclic) bond motifs is 1. The molecule has 1 aromatic carbocycles. The van der Waals surface area contributed by atoms with Crippen LogP contribution in [0.15, 0.2) is 28.7 Å². The van der Waals surface area contributed by atoms with Crippen LogP contribution < -0.4 is 0 Å². The lowest BCUT2D eigenvalue weighted by atomic mass is 10.2. The smallest absolute Gasteiger partial charge is 0.144 e. The summed E-state index contributed by atoms with van der Waals surface area (Å²) in [7, 11) is 1.73. The normalized spacial score (nSPS) is 12.6. The van der Waals surface area contributed by atoms with Gasteiger partial charge >= 0.3 is 0 Å². The number of halogens is 1. The van der Waals surface area contributed by atoms with Crippen LogP contribution in [0.25, 0.3) is 11.0 Å². The van der Waals surface area contributed by atoms with Gasteiger partial charge in [0.15, 0.2) is 0 Å². The number of hydrogen-bond acceptors (Lipinski definition) is 3. The van der Waals surface area contributed by atoms with Gasteiger partial charge in [-0.15, -0.1) is 6.42 Å². The van der Waals surface area contributed by atoms with Crippen LogP contribution in [0.1, 0.15) is 11.8 Å². The lowest BCUT2D eigenvalue weighted by molar-refractivity contribution is -0.112. The van der Waals surface area contributed by atoms with Crippen LogP contribution in [-0.4, -0.2) is 24.8 Å². The third kappa shape index (κ3) is 2.27. The molecule has 92 valence electrons. The van der Waals surface area contributed by atoms with Gasteiger partial charge in [0.2, 0.25) is 0 Å². The maximum Gasteiger partial charge on any atom is 0.144 e. The highest BCUT2D eigenvalue weighted by atomic mass is 19.1. The minimum atomic E-state index is -0.559. The largest absolute Gasteiger partial charge is 0.459 e. The fraction of sp³-hybridized carbons (Fsp3) is 0.214. The second kappa shape index (κ2) is 5.03. The Hall–Kier alpha value is -2.12. The first-order chi connectivity index (χ1) is 8.65. The molecule has 3 nitrogen and oxygen atoms in total. The number of rotatable bonds is 4. The van der Waals surface area contributed by atoms with Crippen molar-refractivity contribution < 1.29 is 13.6 Å². The van der Waals surface area contributed by atoms with E-state index in [1.54, 1.807) is 18.0 Å². The van der Waals surface area contributed by atoms with Crippen molar-refractivity contribution in [2.75, 3.05) is 13.6 Å². The summed E-state index contributed by atoms with van der Waals surface area (Å²) in [5, 5.41) is 0.631. The van der Waals surface area contributed by atoms with E-state index >= 15 is 0 Å². The second-order valence-corrected chi connectivity index (χ2v) is 4.03. The molecule has 0 bridgehead atoms. The molecular weight excluding hydrogens is 233 g/mol. The number of aldehydes is 1. The Morgan fingerprint density at radius 3 is 3.00 bits per heavy atom. The predicted molar refractivity (Wildman–Crippen MR) is 66.4 cm³/mol. The summed E-state index contributed by atoms with van der Waals surface area (Å²) in [6.45, 7) is 0.328. The van der Waals surface area contributed by atoms with E-state index in [9.17, 15) is 9.18 Å². The van der Waals surface area contributed by atoms with Crippen LogP contribution in [0.2, 0.25) is 0 Å². The van der Waals surface area contributed by atoms with Crippen molar-refractivity contribution in [1.82, 2.24) is 4.90 Å². The van der Waals surface area contributed by atoms with Gasteiger partial charge in [0.25, 0.3) is 0 Å². The van der Waals surface area contributed by atoms with E-state index in [0.29, 0.717) is 23.3 Å². The molecular formula is C14H12FNO2. The number of likely N-dealkylation sites (N-methyl/N-ethyl adjacent to an activating group) is 1. The molecule has 0 N–H and O–H groups in total. The summed E-state index contributed by atoms with van der Waals surface area (Å²) in [5.41, 5.74) is 0.548. The van der Waals surface area contributed by atoms with Crippen molar-refractivity contribution in [2.24, 2.45) is 0 Å². The minimum absolute atomic E-state index is 0.328. The van der Waals surface area contributed by atoms with Crippen molar-refractivity contribution in [1.29, 1.82) is 0 Å². The highest BCUT2D eigenvalue weighted by Crippen LogP contribution is 2.26. The van der Waals surface area contributed by atoms with Gasteiger partial charge < -0.3 is 9.21 Å². The summed E-state index contributed by atoms with van der Waals surface area (Å²) in [5.74, 6) is 2.58. The van der Waals surface area contributed by atoms with Gasteiger partial charge in [0, 0.05) is 5.39 Å². The third-order valence-electron chi connectivity index (χ3n) is 2.73. The zero-order valence-electron chi connectivity index (χ0n) is 9.89. The molecule has 4 heteroatoms. The van der Waals surface area contributed by atoms with E-state index in [1.165, 1.54) is 18.2 Å². The average Bonchev–Trinajstić information content (AvgIpc) is 2.72. The van der Waals surface area contributed by atoms with Crippen molar-refractivity contribution >= 4 is 17.3 Å². The van der Waals surface area contributed by atoms with Gasteiger partial charge in [0.05, 0.1) is 6.54 Å². The van der Waals surface area contributed by atoms with Gasteiger partial charge in [-0.05, 0) is 31.3 Å². The van der Waals surface area contributed by atoms with Crippen molar-refractivity contribution in [3.63, 3.8) is 0 Å². The first kappa shape index (κ1) is 12.3. The number of terminal acetylenes is 1. The van der Waals surface area contributed by atoms with Crippen LogP contribution >= 0.6 is 0 Å². The van der Waals surface area contributed by atoms with E-state index in [0.717, 1.165) is 6.29 Å². The molecule has 18 heavy (non-hydrogen) atoms. The Kier molecular flexibility index (Phi) is 3.45. The number of hydrogen-bond donors (Lipinski definition) is 0. The number of carbonyl (C=O) groups excluding carboxylic acids is 1. The summed E-state index contributed by atoms with van der Waals surface area (Å²) in [6, 6.07) is 5.32. The Labute approximate surface area is 104 Å². The fourth-order valence-electron chi connectivity index (χ4n) is 1.81. The fourth-order valence-corrected chi connectivity index (χ4v) is 1.81. The zero-order valence-corrected chi connectivity index (χ0v) is 9.89. The molecule has 1 aromatic heterocycles. The average molecular weight is 245 g/mol. The van der Waals surface area contributed by atoms with Gasteiger partial charge in [-0.25, -0.2) is 4.39 Å². The Balaban J connectivity index is 2.40. The maximum absolute atomic E-state index is 13.1. The molecule has 2 aromatic rings. The van der Waals surface area contributed by atoms with Gasteiger partial charge in [-0.1, -0.05) is 5.92 Å². The molecule has 1 heterocycles. The van der Waals surface area contributed by atoms with Crippen molar-refractivity contribution in [3.05, 3.63) is 35.8 Å². The molecule has 0 saturated carbocycles. The van der Waals surface area contributed by atoms with E-state index in [2.05, 4.69) is 5.92 Å². The SMILES string of the molecule is C#CCN(C)C(C=O)c1cc2cc(F)ccc2o1. The molecule has 0 fully saturated rings. The topological polar surface area (TPSA) is 33.5 Å². The monoisotopic (exact) mass is 245 g/mol. The molecule has 0 aliphatic carbocycles. The molecule has 1 unspecified atom stereocenters. The number of nitrogens with zero attached hydrogens (tertiary/aromatic N) is 1. The standard InChI is InChI=1S/C14H12FNO2/c1-3-6-16(2)12(9-17)14-8-10-7-11(15)4-5-13(10)18-14/h1,4-5,7-9,12H,6H2,2H3. The summed E-state index contributed by atoms with van der Waals surface area (Å²) in [4.78, 5) is 12.8. The maximum atomic E-state index is 13.1. The lowest BCUT2D eigenvalue weighted by Crippen LogP contribution is -2.25. The lowest BCUT2D eigenvalue weighted by Gasteiger charge is -2.18. The molecule has 0 radical (unpaired) electrons. The summed E-state index contributed by atoms with van der Waals surface area (Å²) >= 11 is 0. The summed E-state index contributed by atoms with van der Waals surface area (Å²) in [6.07, 6.45) is 5.96. The number of benzene rings is 1. The molecule has 0 aliphatic heterocycles. The molecule has 0 amide bonds. The van der Waals surface area contributed by atoms with Crippen LogP contribution in [0.4, 0.5) is 4.39 Å². The third-order valence-corrected chi connectivity index (χ3v) is 2.73. The molecule has 0 spiro atoms. The number of furan rings is 1. The predicted octanol–water partition coefficient (Wildman–Crippen LogP) is 2.38. The Bertz CT molecular complexity index is 612. The van der Waals surface area contributed by atoms with Crippen LogP contribution in [0.3, 0.4) is 0 Å². The highest BCUT2D eigenvalue weighted by molar-refractivity contribution is 5.79. The van der Waals surface area contributed by atoms with Crippen LogP contribution in [0, 0.1) is 18.2 Å². The van der Waals surface area contributed by atoms with E-state index in [-0.39, 0.29) is 5.82 Å². The molecule has 1 atom stereocenters. The molecule has 2 rings (SSSR count). The zero-order chi connectivity index (χ0) is 13.1. The van der Waals surface area contributed by atoms with E-state index in [4.69, 9.17) is 10.8 Å². The quantitative estimate of drug-likeness (QED) is 0.612. The van der Waals surface area contributed by atoms with Gasteiger partial charge in [-0.2, -0.15) is 0 Å². The van der Waals surface area contributed by atoms with Crippen LogP contribution in [-0.2, 0) is 4.79 Å². The highest BCUT2D eigenvalue weighted by Gasteiger charge is 2.19. The Morgan fingerprint density at radius 1 is 1.56 bits per heavy atom. The first-order valence-electron chi connectivity index (χ1n) is 5.43. The van der Waals surface area contributed by atoms with Crippen molar-refractivity contribution in [2.45, 2.75) is 6.04 Å². The van der Waals surface area contributed by atoms with E-state index in [1.807, 2.05) is 0 Å². The first-order valence-corrected chi connectivity index (χ1v) is 5.43. The second-order valence-electron chi connectivity index (χ2n) is 4.03. The molecule has 0 saturated heterocycles. The van der Waals surface area contributed by atoms with Gasteiger partial charge in [-0.3, -0.25) is 4.90 Å². The van der Waals surface area contributed by atoms with Crippen molar-refractivity contribution in [3.8, 4) is 12.3 Å².